The van der Waals surface area contributed by atoms with E-state index in [0.29, 0.717) is 29.7 Å². The summed E-state index contributed by atoms with van der Waals surface area (Å²) >= 11 is 1.42. The van der Waals surface area contributed by atoms with Crippen molar-refractivity contribution in [1.82, 2.24) is 19.8 Å². The average Bonchev–Trinajstić information content (AvgIpc) is 3.36. The minimum absolute atomic E-state index is 0.0143. The van der Waals surface area contributed by atoms with Crippen molar-refractivity contribution >= 4 is 17.7 Å². The molecule has 0 aliphatic carbocycles. The Morgan fingerprint density at radius 1 is 1.06 bits per heavy atom. The van der Waals surface area contributed by atoms with Gasteiger partial charge in [0.25, 0.3) is 5.56 Å². The number of amides is 1. The molecule has 0 saturated carbocycles. The minimum Gasteiger partial charge on any atom is -0.497 e. The number of fused-ring (bicyclic) bond motifs is 1. The third-order valence-corrected chi connectivity index (χ3v) is 7.13. The van der Waals surface area contributed by atoms with E-state index in [4.69, 9.17) is 14.2 Å². The van der Waals surface area contributed by atoms with E-state index in [9.17, 15) is 9.59 Å². The van der Waals surface area contributed by atoms with Gasteiger partial charge in [0, 0.05) is 44.5 Å². The van der Waals surface area contributed by atoms with Crippen LogP contribution < -0.4 is 19.8 Å². The molecule has 5 rings (SSSR count). The monoisotopic (exact) mass is 508 g/mol. The van der Waals surface area contributed by atoms with Crippen LogP contribution in [-0.4, -0.2) is 65.8 Å². The molecule has 0 unspecified atom stereocenters. The van der Waals surface area contributed by atoms with Gasteiger partial charge in [0.15, 0.2) is 16.7 Å². The van der Waals surface area contributed by atoms with Crippen LogP contribution in [0.5, 0.6) is 17.2 Å². The Bertz CT molecular complexity index is 1290. The number of nitrogens with one attached hydrogen (secondary N) is 1. The number of carbonyl (C=O) groups excluding carboxylic acids is 1. The number of H-pyrrole nitrogens is 1. The molecule has 36 heavy (non-hydrogen) atoms. The fourth-order valence-corrected chi connectivity index (χ4v) is 5.11. The number of ether oxygens (including phenoxy) is 3. The number of rotatable bonds is 8. The fourth-order valence-electron chi connectivity index (χ4n) is 4.28. The summed E-state index contributed by atoms with van der Waals surface area (Å²) in [6, 6.07) is 15.2. The Labute approximate surface area is 213 Å². The molecule has 9 nitrogen and oxygen atoms in total. The molecule has 0 bridgehead atoms. The third-order valence-electron chi connectivity index (χ3n) is 6.18. The van der Waals surface area contributed by atoms with Crippen molar-refractivity contribution < 1.29 is 19.0 Å². The molecule has 2 aliphatic heterocycles. The van der Waals surface area contributed by atoms with Gasteiger partial charge in [-0.25, -0.2) is 4.98 Å². The number of thioether (sulfide) groups is 1. The average molecular weight is 509 g/mol. The first-order chi connectivity index (χ1) is 17.6. The zero-order valence-electron chi connectivity index (χ0n) is 20.1. The van der Waals surface area contributed by atoms with Gasteiger partial charge in [-0.05, 0) is 35.4 Å². The summed E-state index contributed by atoms with van der Waals surface area (Å²) in [6.45, 7) is 3.91. The number of carbonyl (C=O) groups is 1. The van der Waals surface area contributed by atoms with Gasteiger partial charge in [-0.3, -0.25) is 14.5 Å². The van der Waals surface area contributed by atoms with Crippen LogP contribution in [0, 0.1) is 0 Å². The zero-order valence-corrected chi connectivity index (χ0v) is 20.9. The van der Waals surface area contributed by atoms with Gasteiger partial charge in [0.05, 0.1) is 19.2 Å². The predicted molar refractivity (Wildman–Crippen MR) is 136 cm³/mol. The van der Waals surface area contributed by atoms with E-state index < -0.39 is 0 Å². The number of methoxy groups -OCH3 is 1. The molecule has 10 heteroatoms. The van der Waals surface area contributed by atoms with Gasteiger partial charge < -0.3 is 24.1 Å². The predicted octanol–water partition coefficient (Wildman–Crippen LogP) is 2.69. The van der Waals surface area contributed by atoms with Gasteiger partial charge in [-0.2, -0.15) is 0 Å². The van der Waals surface area contributed by atoms with E-state index in [1.807, 2.05) is 47.4 Å². The smallest absolute Gasteiger partial charge is 0.251 e. The summed E-state index contributed by atoms with van der Waals surface area (Å²) in [5, 5.41) is 0.502. The van der Waals surface area contributed by atoms with Crippen molar-refractivity contribution in [3.8, 4) is 17.2 Å². The van der Waals surface area contributed by atoms with Crippen LogP contribution in [0.25, 0.3) is 0 Å². The lowest BCUT2D eigenvalue weighted by atomic mass is 10.1. The summed E-state index contributed by atoms with van der Waals surface area (Å²) < 4.78 is 16.1. The molecule has 3 aromatic rings. The van der Waals surface area contributed by atoms with Crippen LogP contribution in [0.2, 0.25) is 0 Å². The maximum absolute atomic E-state index is 12.9. The SMILES string of the molecule is COc1cccc(CSc2nc(CC(=O)N3CCN(Cc4ccc5c(c4)OCO5)CC3)cc(=O)[nH]2)c1. The zero-order chi connectivity index (χ0) is 24.9. The number of benzene rings is 2. The second-order valence-electron chi connectivity index (χ2n) is 8.70. The Balaban J connectivity index is 1.13. The largest absolute Gasteiger partial charge is 0.497 e. The molecule has 2 aliphatic rings. The van der Waals surface area contributed by atoms with Crippen LogP contribution in [0.3, 0.4) is 0 Å². The van der Waals surface area contributed by atoms with Gasteiger partial charge >= 0.3 is 0 Å². The summed E-state index contributed by atoms with van der Waals surface area (Å²) in [7, 11) is 1.63. The standard InChI is InChI=1S/C26H28N4O5S/c1-33-21-4-2-3-19(11-21)16-36-26-27-20(13-24(31)28-26)14-25(32)30-9-7-29(8-10-30)15-18-5-6-22-23(12-18)35-17-34-22/h2-6,11-13H,7-10,14-17H2,1H3,(H,27,28,31). The normalized spacial score (nSPS) is 15.2. The van der Waals surface area contributed by atoms with Crippen LogP contribution in [0.15, 0.2) is 58.5 Å². The number of aromatic nitrogens is 2. The Morgan fingerprint density at radius 3 is 2.72 bits per heavy atom. The third kappa shape index (κ3) is 6.00. The van der Waals surface area contributed by atoms with Crippen molar-refractivity contribution in [3.63, 3.8) is 0 Å². The van der Waals surface area contributed by atoms with Crippen molar-refractivity contribution in [3.05, 3.63) is 75.7 Å². The minimum atomic E-state index is -0.255. The molecular weight excluding hydrogens is 480 g/mol. The fraction of sp³-hybridized carbons (Fsp3) is 0.346. The van der Waals surface area contributed by atoms with E-state index in [-0.39, 0.29) is 24.7 Å². The summed E-state index contributed by atoms with van der Waals surface area (Å²) in [6.07, 6.45) is 0.110. The lowest BCUT2D eigenvalue weighted by Crippen LogP contribution is -2.48. The number of hydrogen-bond acceptors (Lipinski definition) is 8. The van der Waals surface area contributed by atoms with E-state index >= 15 is 0 Å². The van der Waals surface area contributed by atoms with Crippen molar-refractivity contribution in [2.24, 2.45) is 0 Å². The van der Waals surface area contributed by atoms with Crippen LogP contribution in [0.4, 0.5) is 0 Å². The van der Waals surface area contributed by atoms with E-state index in [2.05, 4.69) is 14.9 Å². The van der Waals surface area contributed by atoms with Gasteiger partial charge in [0.1, 0.15) is 5.75 Å². The van der Waals surface area contributed by atoms with E-state index in [1.54, 1.807) is 7.11 Å². The maximum atomic E-state index is 12.9. The Hall–Kier alpha value is -3.50. The number of piperazine rings is 1. The highest BCUT2D eigenvalue weighted by molar-refractivity contribution is 7.98. The molecule has 1 fully saturated rings. The van der Waals surface area contributed by atoms with Gasteiger partial charge in [0.2, 0.25) is 12.7 Å². The lowest BCUT2D eigenvalue weighted by Gasteiger charge is -2.34. The summed E-state index contributed by atoms with van der Waals surface area (Å²) in [5.74, 6) is 2.96. The molecule has 1 aromatic heterocycles. The van der Waals surface area contributed by atoms with E-state index in [0.717, 1.165) is 48.0 Å². The summed E-state index contributed by atoms with van der Waals surface area (Å²) in [4.78, 5) is 36.6. The maximum Gasteiger partial charge on any atom is 0.251 e. The molecular formula is C26H28N4O5S. The lowest BCUT2D eigenvalue weighted by molar-refractivity contribution is -0.132. The Morgan fingerprint density at radius 2 is 1.89 bits per heavy atom. The first kappa shape index (κ1) is 24.2. The van der Waals surface area contributed by atoms with Crippen molar-refractivity contribution in [1.29, 1.82) is 0 Å². The molecule has 0 atom stereocenters. The highest BCUT2D eigenvalue weighted by atomic mass is 32.2. The molecule has 3 heterocycles. The van der Waals surface area contributed by atoms with Gasteiger partial charge in [-0.15, -0.1) is 0 Å². The first-order valence-electron chi connectivity index (χ1n) is 11.8. The molecule has 188 valence electrons. The quantitative estimate of drug-likeness (QED) is 0.367. The van der Waals surface area contributed by atoms with Crippen molar-refractivity contribution in [2.45, 2.75) is 23.9 Å². The molecule has 2 aromatic carbocycles. The first-order valence-corrected chi connectivity index (χ1v) is 12.8. The molecule has 1 N–H and O–H groups in total. The topological polar surface area (TPSA) is 97.0 Å². The highest BCUT2D eigenvalue weighted by Gasteiger charge is 2.23. The van der Waals surface area contributed by atoms with Crippen molar-refractivity contribution in [2.75, 3.05) is 40.1 Å². The van der Waals surface area contributed by atoms with Gasteiger partial charge in [-0.1, -0.05) is 30.0 Å². The van der Waals surface area contributed by atoms with E-state index in [1.165, 1.54) is 17.8 Å². The van der Waals surface area contributed by atoms with Crippen LogP contribution in [0.1, 0.15) is 16.8 Å². The van der Waals surface area contributed by atoms with Crippen LogP contribution >= 0.6 is 11.8 Å². The molecule has 1 saturated heterocycles. The summed E-state index contributed by atoms with van der Waals surface area (Å²) in [5.41, 5.74) is 2.45. The number of nitrogens with zero attached hydrogens (tertiary/aromatic N) is 3. The molecule has 0 spiro atoms. The van der Waals surface area contributed by atoms with Crippen LogP contribution in [-0.2, 0) is 23.5 Å². The highest BCUT2D eigenvalue weighted by Crippen LogP contribution is 2.33. The number of aromatic amines is 1. The second-order valence-corrected chi connectivity index (χ2v) is 9.67. The second kappa shape index (κ2) is 11.0. The molecule has 1 amide bonds. The number of hydrogen-bond donors (Lipinski definition) is 1. The Kier molecular flexibility index (Phi) is 7.43. The molecule has 0 radical (unpaired) electrons.